The maximum Gasteiger partial charge on any atom is 0.196 e. The molecule has 0 aliphatic rings. The lowest BCUT2D eigenvalue weighted by Gasteiger charge is -1.84. The number of hydrogen-bond donors (Lipinski definition) is 1. The molecule has 1 aromatic rings. The van der Waals surface area contributed by atoms with E-state index in [0.717, 1.165) is 0 Å². The smallest absolute Gasteiger partial charge is 0.196 e. The number of oxime groups is 1. The minimum Gasteiger partial charge on any atom is -0.410 e. The third-order valence-corrected chi connectivity index (χ3v) is 2.25. The summed E-state index contributed by atoms with van der Waals surface area (Å²) < 4.78 is 0.566. The van der Waals surface area contributed by atoms with Gasteiger partial charge < -0.3 is 5.21 Å². The topological polar surface area (TPSA) is 56.4 Å². The van der Waals surface area contributed by atoms with Gasteiger partial charge in [0.2, 0.25) is 0 Å². The second-order valence-electron chi connectivity index (χ2n) is 1.66. The summed E-state index contributed by atoms with van der Waals surface area (Å²) in [5, 5.41) is 19.5. The Balaban J connectivity index is 3.03. The van der Waals surface area contributed by atoms with Crippen molar-refractivity contribution in [3.63, 3.8) is 0 Å². The zero-order valence-electron chi connectivity index (χ0n) is 5.28. The third-order valence-electron chi connectivity index (χ3n) is 1.01. The van der Waals surface area contributed by atoms with E-state index in [1.807, 2.05) is 0 Å². The van der Waals surface area contributed by atoms with Crippen LogP contribution in [0.4, 0.5) is 0 Å². The second-order valence-corrected chi connectivity index (χ2v) is 3.38. The first-order valence-electron chi connectivity index (χ1n) is 2.66. The molecular weight excluding hydrogens is 184 g/mol. The Morgan fingerprint density at radius 1 is 1.73 bits per heavy atom. The second kappa shape index (κ2) is 3.37. The average molecular weight is 187 g/mol. The Kier molecular flexibility index (Phi) is 2.47. The highest BCUT2D eigenvalue weighted by Crippen LogP contribution is 2.21. The van der Waals surface area contributed by atoms with Crippen molar-refractivity contribution in [3.8, 4) is 6.07 Å². The monoisotopic (exact) mass is 186 g/mol. The summed E-state index contributed by atoms with van der Waals surface area (Å²) >= 11 is 6.79. The van der Waals surface area contributed by atoms with Gasteiger partial charge >= 0.3 is 0 Å². The number of thiophene rings is 1. The van der Waals surface area contributed by atoms with E-state index in [-0.39, 0.29) is 5.71 Å². The molecule has 0 radical (unpaired) electrons. The maximum absolute atomic E-state index is 8.41. The van der Waals surface area contributed by atoms with Crippen molar-refractivity contribution >= 4 is 28.6 Å². The van der Waals surface area contributed by atoms with Crippen LogP contribution in [0.25, 0.3) is 0 Å². The Hall–Kier alpha value is -1.05. The Morgan fingerprint density at radius 3 is 2.82 bits per heavy atom. The van der Waals surface area contributed by atoms with Gasteiger partial charge in [-0.2, -0.15) is 5.26 Å². The molecule has 0 atom stereocenters. The molecule has 3 nitrogen and oxygen atoms in total. The van der Waals surface area contributed by atoms with Crippen LogP contribution in [0.1, 0.15) is 4.88 Å². The van der Waals surface area contributed by atoms with Crippen molar-refractivity contribution < 1.29 is 5.21 Å². The van der Waals surface area contributed by atoms with Crippen LogP contribution in [0.3, 0.4) is 0 Å². The lowest BCUT2D eigenvalue weighted by atomic mass is 10.3. The quantitative estimate of drug-likeness (QED) is 0.415. The maximum atomic E-state index is 8.41. The van der Waals surface area contributed by atoms with Gasteiger partial charge in [0.05, 0.1) is 9.21 Å². The molecule has 5 heteroatoms. The molecule has 1 heterocycles. The standard InChI is InChI=1S/C6H3ClN2OS/c7-6-2-1-5(11-6)4(3-8)9-10/h1-2,10H/b9-4+. The van der Waals surface area contributed by atoms with E-state index >= 15 is 0 Å². The average Bonchev–Trinajstić information content (AvgIpc) is 2.39. The summed E-state index contributed by atoms with van der Waals surface area (Å²) in [5.41, 5.74) is -0.0121. The minimum atomic E-state index is -0.0121. The van der Waals surface area contributed by atoms with Crippen molar-refractivity contribution in [2.24, 2.45) is 5.16 Å². The number of nitrogens with zero attached hydrogens (tertiary/aromatic N) is 2. The van der Waals surface area contributed by atoms with Gasteiger partial charge in [-0.15, -0.1) is 11.3 Å². The SMILES string of the molecule is N#C/C(=N\O)c1ccc(Cl)s1. The van der Waals surface area contributed by atoms with Gasteiger partial charge in [0.15, 0.2) is 5.71 Å². The predicted octanol–water partition coefficient (Wildman–Crippen LogP) is 2.10. The lowest BCUT2D eigenvalue weighted by molar-refractivity contribution is 0.320. The van der Waals surface area contributed by atoms with Gasteiger partial charge in [-0.3, -0.25) is 0 Å². The van der Waals surface area contributed by atoms with Crippen LogP contribution in [-0.4, -0.2) is 10.9 Å². The van der Waals surface area contributed by atoms with Gasteiger partial charge in [-0.1, -0.05) is 16.8 Å². The largest absolute Gasteiger partial charge is 0.410 e. The van der Waals surface area contributed by atoms with Crippen LogP contribution in [0.5, 0.6) is 0 Å². The highest BCUT2D eigenvalue weighted by Gasteiger charge is 2.05. The highest BCUT2D eigenvalue weighted by atomic mass is 35.5. The van der Waals surface area contributed by atoms with Crippen molar-refractivity contribution in [2.75, 3.05) is 0 Å². The number of halogens is 1. The molecule has 1 aromatic heterocycles. The fourth-order valence-electron chi connectivity index (χ4n) is 0.568. The first-order chi connectivity index (χ1) is 5.27. The first kappa shape index (κ1) is 8.05. The van der Waals surface area contributed by atoms with Crippen molar-refractivity contribution in [3.05, 3.63) is 21.3 Å². The zero-order valence-corrected chi connectivity index (χ0v) is 6.85. The number of nitriles is 1. The molecule has 0 saturated carbocycles. The van der Waals surface area contributed by atoms with Crippen molar-refractivity contribution in [2.45, 2.75) is 0 Å². The molecule has 11 heavy (non-hydrogen) atoms. The molecule has 56 valence electrons. The Labute approximate surface area is 72.1 Å². The van der Waals surface area contributed by atoms with E-state index in [4.69, 9.17) is 22.1 Å². The highest BCUT2D eigenvalue weighted by molar-refractivity contribution is 7.18. The van der Waals surface area contributed by atoms with Crippen LogP contribution >= 0.6 is 22.9 Å². The zero-order chi connectivity index (χ0) is 8.27. The van der Waals surface area contributed by atoms with Crippen LogP contribution < -0.4 is 0 Å². The lowest BCUT2D eigenvalue weighted by Crippen LogP contribution is -1.91. The van der Waals surface area contributed by atoms with Crippen LogP contribution in [-0.2, 0) is 0 Å². The molecule has 0 spiro atoms. The van der Waals surface area contributed by atoms with Crippen LogP contribution in [0.15, 0.2) is 17.3 Å². The van der Waals surface area contributed by atoms with Crippen LogP contribution in [0, 0.1) is 11.3 Å². The fraction of sp³-hybridized carbons (Fsp3) is 0. The van der Waals surface area contributed by atoms with Gasteiger partial charge in [0.25, 0.3) is 0 Å². The summed E-state index contributed by atoms with van der Waals surface area (Å²) in [4.78, 5) is 0.569. The van der Waals surface area contributed by atoms with E-state index in [0.29, 0.717) is 9.21 Å². The molecule has 0 amide bonds. The fourth-order valence-corrected chi connectivity index (χ4v) is 1.55. The summed E-state index contributed by atoms with van der Waals surface area (Å²) in [6, 6.07) is 5.01. The third kappa shape index (κ3) is 1.70. The summed E-state index contributed by atoms with van der Waals surface area (Å²) in [6.45, 7) is 0. The van der Waals surface area contributed by atoms with Crippen molar-refractivity contribution in [1.82, 2.24) is 0 Å². The molecule has 0 aliphatic carbocycles. The molecule has 0 saturated heterocycles. The molecule has 0 unspecified atom stereocenters. The summed E-state index contributed by atoms with van der Waals surface area (Å²) in [7, 11) is 0. The normalized spacial score (nSPS) is 11.1. The van der Waals surface area contributed by atoms with E-state index in [2.05, 4.69) is 5.16 Å². The van der Waals surface area contributed by atoms with E-state index in [9.17, 15) is 0 Å². The molecule has 0 aromatic carbocycles. The number of hydrogen-bond acceptors (Lipinski definition) is 4. The van der Waals surface area contributed by atoms with E-state index < -0.39 is 0 Å². The van der Waals surface area contributed by atoms with E-state index in [1.54, 1.807) is 18.2 Å². The number of rotatable bonds is 1. The molecule has 1 N–H and O–H groups in total. The van der Waals surface area contributed by atoms with Gasteiger partial charge in [0, 0.05) is 0 Å². The van der Waals surface area contributed by atoms with Gasteiger partial charge in [-0.05, 0) is 12.1 Å². The molecule has 0 bridgehead atoms. The van der Waals surface area contributed by atoms with Gasteiger partial charge in [0.1, 0.15) is 6.07 Å². The van der Waals surface area contributed by atoms with Gasteiger partial charge in [-0.25, -0.2) is 0 Å². The Morgan fingerprint density at radius 2 is 2.45 bits per heavy atom. The Bertz CT molecular complexity index is 326. The van der Waals surface area contributed by atoms with E-state index in [1.165, 1.54) is 11.3 Å². The minimum absolute atomic E-state index is 0.0121. The summed E-state index contributed by atoms with van der Waals surface area (Å²) in [6.07, 6.45) is 0. The molecule has 0 aliphatic heterocycles. The van der Waals surface area contributed by atoms with Crippen molar-refractivity contribution in [1.29, 1.82) is 5.26 Å². The van der Waals surface area contributed by atoms with Crippen LogP contribution in [0.2, 0.25) is 4.34 Å². The molecule has 0 fully saturated rings. The molecule has 1 rings (SSSR count). The predicted molar refractivity (Wildman–Crippen MR) is 43.3 cm³/mol. The summed E-state index contributed by atoms with van der Waals surface area (Å²) in [5.74, 6) is 0. The first-order valence-corrected chi connectivity index (χ1v) is 3.85. The molecular formula is C6H3ClN2OS.